The van der Waals surface area contributed by atoms with E-state index in [9.17, 15) is 14.7 Å². The Bertz CT molecular complexity index is 687. The Kier molecular flexibility index (Phi) is 4.82. The van der Waals surface area contributed by atoms with Crippen LogP contribution < -0.4 is 0 Å². The highest BCUT2D eigenvalue weighted by Crippen LogP contribution is 2.43. The molecule has 2 saturated heterocycles. The van der Waals surface area contributed by atoms with Gasteiger partial charge in [-0.15, -0.1) is 11.3 Å². The molecule has 0 radical (unpaired) electrons. The van der Waals surface area contributed by atoms with E-state index < -0.39 is 17.4 Å². The van der Waals surface area contributed by atoms with Crippen LogP contribution in [0.5, 0.6) is 0 Å². The highest BCUT2D eigenvalue weighted by molar-refractivity contribution is 7.12. The molecule has 142 valence electrons. The van der Waals surface area contributed by atoms with Gasteiger partial charge in [0.25, 0.3) is 0 Å². The highest BCUT2D eigenvalue weighted by atomic mass is 32.1. The van der Waals surface area contributed by atoms with Crippen LogP contribution in [-0.4, -0.2) is 52.5 Å². The lowest BCUT2D eigenvalue weighted by Gasteiger charge is -2.45. The predicted octanol–water partition coefficient (Wildman–Crippen LogP) is 3.30. The number of hydrogen-bond donors (Lipinski definition) is 1. The van der Waals surface area contributed by atoms with Gasteiger partial charge in [-0.25, -0.2) is 0 Å². The number of rotatable bonds is 4. The van der Waals surface area contributed by atoms with E-state index in [0.717, 1.165) is 38.4 Å². The molecule has 5 nitrogen and oxygen atoms in total. The molecule has 0 bridgehead atoms. The maximum atomic E-state index is 12.1. The van der Waals surface area contributed by atoms with E-state index in [2.05, 4.69) is 17.0 Å². The fourth-order valence-corrected chi connectivity index (χ4v) is 6.44. The fraction of sp³-hybridized carbons (Fsp3) is 0.700. The second kappa shape index (κ2) is 6.97. The minimum absolute atomic E-state index is 0.0229. The Morgan fingerprint density at radius 2 is 1.96 bits per heavy atom. The van der Waals surface area contributed by atoms with Gasteiger partial charge in [-0.2, -0.15) is 0 Å². The van der Waals surface area contributed by atoms with Crippen molar-refractivity contribution in [2.45, 2.75) is 62.9 Å². The molecule has 1 spiro atoms. The molecule has 1 aromatic heterocycles. The molecule has 1 atom stereocenters. The number of amides is 1. The zero-order chi connectivity index (χ0) is 18.3. The number of nitrogens with zero attached hydrogens (tertiary/aromatic N) is 2. The van der Waals surface area contributed by atoms with E-state index in [1.54, 1.807) is 11.9 Å². The van der Waals surface area contributed by atoms with Gasteiger partial charge in [0.15, 0.2) is 0 Å². The Balaban J connectivity index is 1.39. The molecule has 0 aromatic carbocycles. The van der Waals surface area contributed by atoms with Crippen LogP contribution in [-0.2, 0) is 16.1 Å². The van der Waals surface area contributed by atoms with Crippen molar-refractivity contribution in [2.75, 3.05) is 20.1 Å². The second-order valence-corrected chi connectivity index (χ2v) is 9.41. The van der Waals surface area contributed by atoms with Crippen LogP contribution in [0.3, 0.4) is 0 Å². The number of carbonyl (C=O) groups is 2. The molecule has 6 heteroatoms. The van der Waals surface area contributed by atoms with Gasteiger partial charge in [0.2, 0.25) is 5.91 Å². The summed E-state index contributed by atoms with van der Waals surface area (Å²) in [5.41, 5.74) is -0.482. The van der Waals surface area contributed by atoms with Gasteiger partial charge in [0.05, 0.1) is 11.5 Å². The number of carboxylic acid groups (broad SMARTS) is 1. The summed E-state index contributed by atoms with van der Waals surface area (Å²) in [4.78, 5) is 30.9. The Morgan fingerprint density at radius 3 is 2.62 bits per heavy atom. The Morgan fingerprint density at radius 1 is 1.27 bits per heavy atom. The number of thiophene rings is 1. The first-order valence-electron chi connectivity index (χ1n) is 9.80. The molecule has 3 fully saturated rings. The van der Waals surface area contributed by atoms with Crippen molar-refractivity contribution in [3.63, 3.8) is 0 Å². The predicted molar refractivity (Wildman–Crippen MR) is 101 cm³/mol. The van der Waals surface area contributed by atoms with Crippen molar-refractivity contribution in [1.82, 2.24) is 9.80 Å². The molecule has 1 aromatic rings. The smallest absolute Gasteiger partial charge is 0.309 e. The molecule has 2 aliphatic heterocycles. The van der Waals surface area contributed by atoms with E-state index >= 15 is 0 Å². The van der Waals surface area contributed by atoms with Crippen LogP contribution in [0.25, 0.3) is 0 Å². The first kappa shape index (κ1) is 18.0. The lowest BCUT2D eigenvalue weighted by Crippen LogP contribution is -2.55. The molecule has 1 amide bonds. The number of carbonyl (C=O) groups excluding carboxylic acids is 1. The van der Waals surface area contributed by atoms with Gasteiger partial charge >= 0.3 is 5.97 Å². The molecule has 0 unspecified atom stereocenters. The molecule has 1 aliphatic carbocycles. The van der Waals surface area contributed by atoms with Crippen LogP contribution in [0.2, 0.25) is 0 Å². The minimum atomic E-state index is -0.824. The third-order valence-corrected chi connectivity index (χ3v) is 8.14. The summed E-state index contributed by atoms with van der Waals surface area (Å²) in [6.07, 6.45) is 7.07. The molecule has 3 aliphatic rings. The number of piperidine rings is 1. The van der Waals surface area contributed by atoms with Gasteiger partial charge in [-0.1, -0.05) is 12.8 Å². The molecule has 1 saturated carbocycles. The van der Waals surface area contributed by atoms with Gasteiger partial charge in [0, 0.05) is 42.9 Å². The summed E-state index contributed by atoms with van der Waals surface area (Å²) in [6, 6.07) is 4.58. The fourth-order valence-electron chi connectivity index (χ4n) is 5.21. The van der Waals surface area contributed by atoms with Crippen LogP contribution in [0.4, 0.5) is 0 Å². The van der Waals surface area contributed by atoms with Crippen molar-refractivity contribution in [2.24, 2.45) is 5.92 Å². The Hall–Kier alpha value is -1.40. The van der Waals surface area contributed by atoms with E-state index in [-0.39, 0.29) is 12.3 Å². The molecule has 3 heterocycles. The first-order chi connectivity index (χ1) is 12.5. The zero-order valence-corrected chi connectivity index (χ0v) is 16.3. The van der Waals surface area contributed by atoms with E-state index in [1.807, 2.05) is 11.3 Å². The summed E-state index contributed by atoms with van der Waals surface area (Å²) in [5, 5.41) is 9.58. The van der Waals surface area contributed by atoms with Gasteiger partial charge in [0.1, 0.15) is 0 Å². The highest BCUT2D eigenvalue weighted by Gasteiger charge is 2.55. The monoisotopic (exact) mass is 376 g/mol. The molecule has 26 heavy (non-hydrogen) atoms. The van der Waals surface area contributed by atoms with Crippen molar-refractivity contribution in [3.05, 3.63) is 21.9 Å². The summed E-state index contributed by atoms with van der Waals surface area (Å²) in [5.74, 6) is -0.633. The summed E-state index contributed by atoms with van der Waals surface area (Å²) >= 11 is 1.95. The van der Waals surface area contributed by atoms with Gasteiger partial charge in [-0.05, 0) is 43.7 Å². The lowest BCUT2D eigenvalue weighted by atomic mass is 9.77. The van der Waals surface area contributed by atoms with E-state index in [4.69, 9.17) is 0 Å². The van der Waals surface area contributed by atoms with Crippen LogP contribution in [0, 0.1) is 5.92 Å². The average Bonchev–Trinajstić information content (AvgIpc) is 3.34. The largest absolute Gasteiger partial charge is 0.481 e. The molecular formula is C20H28N2O3S. The van der Waals surface area contributed by atoms with Crippen LogP contribution in [0.1, 0.15) is 60.6 Å². The van der Waals surface area contributed by atoms with Crippen molar-refractivity contribution >= 4 is 23.2 Å². The van der Waals surface area contributed by atoms with Crippen molar-refractivity contribution < 1.29 is 14.7 Å². The second-order valence-electron chi connectivity index (χ2n) is 8.21. The van der Waals surface area contributed by atoms with Crippen molar-refractivity contribution in [1.29, 1.82) is 0 Å². The molecule has 1 N–H and O–H groups in total. The SMILES string of the molecule is CN1C(=O)C[C@@H](C(=O)O)C12CCN(Cc1ccc(C3CCCC3)s1)CC2. The standard InChI is InChI=1S/C20H28N2O3S/c1-21-18(23)12-16(19(24)25)20(21)8-10-22(11-9-20)13-15-6-7-17(26-15)14-4-2-3-5-14/h6-7,14,16H,2-5,8-13H2,1H3,(H,24,25)/t16-/m0/s1. The lowest BCUT2D eigenvalue weighted by molar-refractivity contribution is -0.146. The van der Waals surface area contributed by atoms with Gasteiger partial charge in [-0.3, -0.25) is 14.5 Å². The summed E-state index contributed by atoms with van der Waals surface area (Å²) < 4.78 is 0. The molecular weight excluding hydrogens is 348 g/mol. The quantitative estimate of drug-likeness (QED) is 0.876. The van der Waals surface area contributed by atoms with E-state index in [0.29, 0.717) is 0 Å². The Labute approximate surface area is 159 Å². The number of aliphatic carboxylic acids is 1. The third-order valence-electron chi connectivity index (χ3n) is 6.91. The van der Waals surface area contributed by atoms with Gasteiger partial charge < -0.3 is 10.0 Å². The van der Waals surface area contributed by atoms with E-state index in [1.165, 1.54) is 35.4 Å². The summed E-state index contributed by atoms with van der Waals surface area (Å²) in [7, 11) is 1.79. The maximum absolute atomic E-state index is 12.1. The minimum Gasteiger partial charge on any atom is -0.481 e. The average molecular weight is 377 g/mol. The van der Waals surface area contributed by atoms with Crippen LogP contribution >= 0.6 is 11.3 Å². The zero-order valence-electron chi connectivity index (χ0n) is 15.4. The summed E-state index contributed by atoms with van der Waals surface area (Å²) in [6.45, 7) is 2.67. The van der Waals surface area contributed by atoms with Crippen LogP contribution in [0.15, 0.2) is 12.1 Å². The molecule has 4 rings (SSSR count). The first-order valence-corrected chi connectivity index (χ1v) is 10.6. The normalized spacial score (nSPS) is 26.9. The maximum Gasteiger partial charge on any atom is 0.309 e. The third kappa shape index (κ3) is 3.07. The van der Waals surface area contributed by atoms with Crippen molar-refractivity contribution in [3.8, 4) is 0 Å². The number of likely N-dealkylation sites (tertiary alicyclic amines) is 2. The number of carboxylic acids is 1. The topological polar surface area (TPSA) is 60.9 Å². The number of hydrogen-bond acceptors (Lipinski definition) is 4.